The van der Waals surface area contributed by atoms with E-state index in [1.807, 2.05) is 6.07 Å². The van der Waals surface area contributed by atoms with Crippen LogP contribution in [0.1, 0.15) is 35.6 Å². The molecule has 0 saturated carbocycles. The number of quaternary nitrogens is 1. The molecule has 0 bridgehead atoms. The summed E-state index contributed by atoms with van der Waals surface area (Å²) in [5, 5.41) is 2.93. The summed E-state index contributed by atoms with van der Waals surface area (Å²) in [5.41, 5.74) is 3.44. The van der Waals surface area contributed by atoms with E-state index in [4.69, 9.17) is 0 Å². The monoisotopic (exact) mass is 341 g/mol. The van der Waals surface area contributed by atoms with E-state index in [1.54, 1.807) is 12.1 Å². The molecule has 1 unspecified atom stereocenters. The van der Waals surface area contributed by atoms with Crippen LogP contribution in [0.4, 0.5) is 4.39 Å². The van der Waals surface area contributed by atoms with Crippen molar-refractivity contribution in [2.24, 2.45) is 0 Å². The Hall–Kier alpha value is -2.20. The third-order valence-corrected chi connectivity index (χ3v) is 5.08. The molecule has 25 heavy (non-hydrogen) atoms. The predicted molar refractivity (Wildman–Crippen MR) is 97.0 cm³/mol. The fourth-order valence-corrected chi connectivity index (χ4v) is 3.74. The maximum absolute atomic E-state index is 13.6. The molecule has 4 heteroatoms. The van der Waals surface area contributed by atoms with Crippen LogP contribution in [-0.2, 0) is 17.6 Å². The van der Waals surface area contributed by atoms with Gasteiger partial charge in [-0.05, 0) is 36.5 Å². The lowest BCUT2D eigenvalue weighted by Gasteiger charge is -2.30. The van der Waals surface area contributed by atoms with E-state index in [2.05, 4.69) is 36.6 Å². The first-order valence-electron chi connectivity index (χ1n) is 9.05. The van der Waals surface area contributed by atoms with Gasteiger partial charge in [-0.25, -0.2) is 4.39 Å². The van der Waals surface area contributed by atoms with Gasteiger partial charge in [0.05, 0.1) is 7.05 Å². The second-order valence-corrected chi connectivity index (χ2v) is 6.86. The molecule has 1 amide bonds. The first-order chi connectivity index (χ1) is 12.1. The lowest BCUT2D eigenvalue weighted by atomic mass is 9.87. The fourth-order valence-electron chi connectivity index (χ4n) is 3.74. The Morgan fingerprint density at radius 3 is 2.80 bits per heavy atom. The summed E-state index contributed by atoms with van der Waals surface area (Å²) in [6, 6.07) is 15.7. The second kappa shape index (κ2) is 8.26. The van der Waals surface area contributed by atoms with Gasteiger partial charge >= 0.3 is 0 Å². The minimum Gasteiger partial charge on any atom is -0.351 e. The average molecular weight is 341 g/mol. The molecule has 1 aliphatic carbocycles. The number of amides is 1. The molecular formula is C21H26FN2O+. The Morgan fingerprint density at radius 2 is 1.96 bits per heavy atom. The third-order valence-electron chi connectivity index (χ3n) is 5.08. The molecule has 0 aromatic heterocycles. The van der Waals surface area contributed by atoms with Crippen LogP contribution in [-0.4, -0.2) is 26.0 Å². The van der Waals surface area contributed by atoms with Crippen molar-refractivity contribution in [3.8, 4) is 0 Å². The van der Waals surface area contributed by atoms with Gasteiger partial charge in [0.15, 0.2) is 6.54 Å². The number of hydrogen-bond donors (Lipinski definition) is 2. The molecule has 2 atom stereocenters. The van der Waals surface area contributed by atoms with Crippen LogP contribution in [0.3, 0.4) is 0 Å². The number of nitrogens with one attached hydrogen (secondary N) is 2. The van der Waals surface area contributed by atoms with Crippen LogP contribution in [0.25, 0.3) is 0 Å². The van der Waals surface area contributed by atoms with Crippen molar-refractivity contribution in [1.29, 1.82) is 0 Å². The Morgan fingerprint density at radius 1 is 1.20 bits per heavy atom. The standard InChI is InChI=1S/C21H25FN2O/c1-24(20-12-6-9-16-7-2-4-10-18(16)20)15-21(25)23-14-13-17-8-3-5-11-19(17)22/h2-5,7-8,10-11,20H,6,9,12-15H2,1H3,(H,23,25)/p+1/t20-/m0/s1. The highest BCUT2D eigenvalue weighted by atomic mass is 19.1. The molecule has 2 N–H and O–H groups in total. The molecule has 0 heterocycles. The largest absolute Gasteiger partial charge is 0.351 e. The number of fused-ring (bicyclic) bond motifs is 1. The number of benzene rings is 2. The summed E-state index contributed by atoms with van der Waals surface area (Å²) in [6.07, 6.45) is 3.94. The van der Waals surface area contributed by atoms with Crippen LogP contribution in [0.2, 0.25) is 0 Å². The number of likely N-dealkylation sites (N-methyl/N-ethyl adjacent to an activating group) is 1. The molecule has 0 radical (unpaired) electrons. The first kappa shape index (κ1) is 17.6. The van der Waals surface area contributed by atoms with E-state index in [1.165, 1.54) is 28.5 Å². The highest BCUT2D eigenvalue weighted by Gasteiger charge is 2.27. The highest BCUT2D eigenvalue weighted by Crippen LogP contribution is 2.27. The van der Waals surface area contributed by atoms with Gasteiger partial charge in [0.2, 0.25) is 0 Å². The predicted octanol–water partition coefficient (Wildman–Crippen LogP) is 2.08. The molecule has 0 spiro atoms. The molecule has 0 fully saturated rings. The smallest absolute Gasteiger partial charge is 0.275 e. The maximum atomic E-state index is 13.6. The van der Waals surface area contributed by atoms with Gasteiger partial charge in [0, 0.05) is 18.5 Å². The van der Waals surface area contributed by atoms with Crippen molar-refractivity contribution in [3.05, 3.63) is 71.0 Å². The molecule has 132 valence electrons. The maximum Gasteiger partial charge on any atom is 0.275 e. The summed E-state index contributed by atoms with van der Waals surface area (Å²) in [6.45, 7) is 0.907. The van der Waals surface area contributed by atoms with Gasteiger partial charge in [0.1, 0.15) is 11.9 Å². The first-order valence-corrected chi connectivity index (χ1v) is 9.05. The van der Waals surface area contributed by atoms with E-state index in [0.29, 0.717) is 31.1 Å². The van der Waals surface area contributed by atoms with E-state index < -0.39 is 0 Å². The zero-order valence-electron chi connectivity index (χ0n) is 14.7. The van der Waals surface area contributed by atoms with E-state index in [-0.39, 0.29) is 11.7 Å². The van der Waals surface area contributed by atoms with Crippen molar-refractivity contribution >= 4 is 5.91 Å². The zero-order chi connectivity index (χ0) is 17.6. The van der Waals surface area contributed by atoms with Crippen molar-refractivity contribution in [1.82, 2.24) is 5.32 Å². The van der Waals surface area contributed by atoms with Gasteiger partial charge in [0.25, 0.3) is 5.91 Å². The minimum absolute atomic E-state index is 0.0249. The number of hydrogen-bond acceptors (Lipinski definition) is 1. The van der Waals surface area contributed by atoms with Crippen molar-refractivity contribution < 1.29 is 14.1 Å². The van der Waals surface area contributed by atoms with Crippen molar-refractivity contribution in [2.75, 3.05) is 20.1 Å². The molecule has 3 nitrogen and oxygen atoms in total. The van der Waals surface area contributed by atoms with Crippen LogP contribution in [0, 0.1) is 5.82 Å². The van der Waals surface area contributed by atoms with Gasteiger partial charge in [-0.3, -0.25) is 4.79 Å². The van der Waals surface area contributed by atoms with Gasteiger partial charge in [-0.2, -0.15) is 0 Å². The number of halogens is 1. The second-order valence-electron chi connectivity index (χ2n) is 6.86. The Balaban J connectivity index is 1.51. The summed E-state index contributed by atoms with van der Waals surface area (Å²) >= 11 is 0. The van der Waals surface area contributed by atoms with Crippen molar-refractivity contribution in [2.45, 2.75) is 31.7 Å². The lowest BCUT2D eigenvalue weighted by Crippen LogP contribution is -3.10. The molecular weight excluding hydrogens is 315 g/mol. The molecule has 0 saturated heterocycles. The Labute approximate surface area is 148 Å². The molecule has 2 aromatic rings. The number of carbonyl (C=O) groups is 1. The zero-order valence-corrected chi connectivity index (χ0v) is 14.7. The summed E-state index contributed by atoms with van der Waals surface area (Å²) in [4.78, 5) is 13.5. The summed E-state index contributed by atoms with van der Waals surface area (Å²) in [7, 11) is 2.09. The quantitative estimate of drug-likeness (QED) is 0.829. The molecule has 2 aromatic carbocycles. The number of aryl methyl sites for hydroxylation is 1. The lowest BCUT2D eigenvalue weighted by molar-refractivity contribution is -0.905. The SMILES string of the molecule is C[NH+](CC(=O)NCCc1ccccc1F)[C@H]1CCCc2ccccc21. The number of carbonyl (C=O) groups excluding carboxylic acids is 1. The van der Waals surface area contributed by atoms with Crippen LogP contribution in [0.5, 0.6) is 0 Å². The van der Waals surface area contributed by atoms with Crippen LogP contribution in [0.15, 0.2) is 48.5 Å². The summed E-state index contributed by atoms with van der Waals surface area (Å²) < 4.78 is 13.6. The van der Waals surface area contributed by atoms with E-state index >= 15 is 0 Å². The third kappa shape index (κ3) is 4.45. The van der Waals surface area contributed by atoms with E-state index in [9.17, 15) is 9.18 Å². The van der Waals surface area contributed by atoms with Crippen molar-refractivity contribution in [3.63, 3.8) is 0 Å². The topological polar surface area (TPSA) is 33.5 Å². The molecule has 0 aliphatic heterocycles. The Bertz CT molecular complexity index is 731. The normalized spacial score (nSPS) is 17.6. The molecule has 3 rings (SSSR count). The van der Waals surface area contributed by atoms with Crippen LogP contribution >= 0.6 is 0 Å². The summed E-state index contributed by atoms with van der Waals surface area (Å²) in [5.74, 6) is -0.185. The fraction of sp³-hybridized carbons (Fsp3) is 0.381. The highest BCUT2D eigenvalue weighted by molar-refractivity contribution is 5.76. The van der Waals surface area contributed by atoms with Gasteiger partial charge in [-0.15, -0.1) is 0 Å². The van der Waals surface area contributed by atoms with Crippen LogP contribution < -0.4 is 10.2 Å². The van der Waals surface area contributed by atoms with Gasteiger partial charge in [-0.1, -0.05) is 42.5 Å². The Kier molecular flexibility index (Phi) is 5.82. The molecule has 1 aliphatic rings. The number of rotatable bonds is 6. The van der Waals surface area contributed by atoms with E-state index in [0.717, 1.165) is 12.8 Å². The average Bonchev–Trinajstić information content (AvgIpc) is 2.62. The minimum atomic E-state index is -0.210. The van der Waals surface area contributed by atoms with Gasteiger partial charge < -0.3 is 10.2 Å².